The van der Waals surface area contributed by atoms with Crippen LogP contribution in [0.4, 0.5) is 4.79 Å². The molecule has 0 aliphatic carbocycles. The Morgan fingerprint density at radius 2 is 1.76 bits per heavy atom. The van der Waals surface area contributed by atoms with Crippen molar-refractivity contribution in [1.82, 2.24) is 15.5 Å². The first-order chi connectivity index (χ1) is 14.0. The molecule has 2 aromatic rings. The van der Waals surface area contributed by atoms with E-state index in [0.717, 1.165) is 19.4 Å². The van der Waals surface area contributed by atoms with Gasteiger partial charge >= 0.3 is 6.03 Å². The van der Waals surface area contributed by atoms with Gasteiger partial charge in [-0.05, 0) is 55.4 Å². The molecule has 0 atom stereocenters. The van der Waals surface area contributed by atoms with Crippen LogP contribution in [0.3, 0.4) is 0 Å². The summed E-state index contributed by atoms with van der Waals surface area (Å²) in [4.78, 5) is 26.3. The van der Waals surface area contributed by atoms with Crippen LogP contribution in [-0.2, 0) is 24.2 Å². The fourth-order valence-electron chi connectivity index (χ4n) is 3.81. The Morgan fingerprint density at radius 1 is 1.00 bits per heavy atom. The van der Waals surface area contributed by atoms with E-state index in [0.29, 0.717) is 32.5 Å². The van der Waals surface area contributed by atoms with Crippen molar-refractivity contribution in [2.24, 2.45) is 0 Å². The van der Waals surface area contributed by atoms with E-state index in [9.17, 15) is 9.59 Å². The quantitative estimate of drug-likeness (QED) is 0.707. The van der Waals surface area contributed by atoms with Gasteiger partial charge in [0.25, 0.3) is 0 Å². The topological polar surface area (TPSA) is 61.4 Å². The lowest BCUT2D eigenvalue weighted by atomic mass is 9.99. The van der Waals surface area contributed by atoms with Gasteiger partial charge in [-0.25, -0.2) is 4.79 Å². The second kappa shape index (κ2) is 10.1. The SMILES string of the molecule is Cc1ccc(CCNC(=O)NCCCC(=O)N2CCc3ccccc3C2)c(C)c1. The molecule has 0 radical (unpaired) electrons. The van der Waals surface area contributed by atoms with E-state index in [1.807, 2.05) is 11.0 Å². The molecule has 3 rings (SSSR count). The Kier molecular flexibility index (Phi) is 7.28. The zero-order valence-corrected chi connectivity index (χ0v) is 17.5. The number of nitrogens with zero attached hydrogens (tertiary/aromatic N) is 1. The van der Waals surface area contributed by atoms with Crippen LogP contribution in [0.25, 0.3) is 0 Å². The minimum atomic E-state index is -0.172. The van der Waals surface area contributed by atoms with Gasteiger partial charge in [-0.1, -0.05) is 48.0 Å². The second-order valence-corrected chi connectivity index (χ2v) is 7.80. The van der Waals surface area contributed by atoms with Gasteiger partial charge in [0.05, 0.1) is 0 Å². The van der Waals surface area contributed by atoms with Gasteiger partial charge in [0.15, 0.2) is 0 Å². The van der Waals surface area contributed by atoms with Gasteiger partial charge in [-0.2, -0.15) is 0 Å². The summed E-state index contributed by atoms with van der Waals surface area (Å²) in [5, 5.41) is 5.74. The van der Waals surface area contributed by atoms with Gasteiger partial charge < -0.3 is 15.5 Å². The van der Waals surface area contributed by atoms with Crippen molar-refractivity contribution in [3.63, 3.8) is 0 Å². The minimum Gasteiger partial charge on any atom is -0.338 e. The molecule has 154 valence electrons. The van der Waals surface area contributed by atoms with Crippen molar-refractivity contribution in [2.75, 3.05) is 19.6 Å². The number of hydrogen-bond donors (Lipinski definition) is 2. The maximum absolute atomic E-state index is 12.4. The molecule has 3 amide bonds. The molecule has 2 N–H and O–H groups in total. The Hall–Kier alpha value is -2.82. The van der Waals surface area contributed by atoms with Crippen LogP contribution >= 0.6 is 0 Å². The normalized spacial score (nSPS) is 13.0. The Bertz CT molecular complexity index is 863. The largest absolute Gasteiger partial charge is 0.338 e. The first kappa shape index (κ1) is 20.9. The third kappa shape index (κ3) is 6.08. The van der Waals surface area contributed by atoms with E-state index in [1.54, 1.807) is 0 Å². The number of urea groups is 1. The molecule has 5 nitrogen and oxygen atoms in total. The third-order valence-corrected chi connectivity index (χ3v) is 5.51. The molecule has 0 fully saturated rings. The summed E-state index contributed by atoms with van der Waals surface area (Å²) in [5.41, 5.74) is 6.35. The van der Waals surface area contributed by atoms with Crippen LogP contribution in [0.1, 0.15) is 40.7 Å². The molecule has 0 bridgehead atoms. The van der Waals surface area contributed by atoms with Crippen LogP contribution in [0, 0.1) is 13.8 Å². The van der Waals surface area contributed by atoms with Gasteiger partial charge in [-0.15, -0.1) is 0 Å². The lowest BCUT2D eigenvalue weighted by molar-refractivity contribution is -0.132. The van der Waals surface area contributed by atoms with Crippen LogP contribution < -0.4 is 10.6 Å². The van der Waals surface area contributed by atoms with Crippen LogP contribution in [0.2, 0.25) is 0 Å². The molecule has 0 saturated carbocycles. The summed E-state index contributed by atoms with van der Waals surface area (Å²) in [5.74, 6) is 0.163. The smallest absolute Gasteiger partial charge is 0.314 e. The monoisotopic (exact) mass is 393 g/mol. The standard InChI is InChI=1S/C24H31N3O2/c1-18-9-10-20(19(2)16-18)11-14-26-24(29)25-13-5-8-23(28)27-15-12-21-6-3-4-7-22(21)17-27/h3-4,6-7,9-10,16H,5,8,11-15,17H2,1-2H3,(H2,25,26,29). The van der Waals surface area contributed by atoms with Crippen molar-refractivity contribution in [3.8, 4) is 0 Å². The molecule has 1 heterocycles. The van der Waals surface area contributed by atoms with E-state index < -0.39 is 0 Å². The van der Waals surface area contributed by atoms with E-state index in [-0.39, 0.29) is 11.9 Å². The lowest BCUT2D eigenvalue weighted by Gasteiger charge is -2.29. The summed E-state index contributed by atoms with van der Waals surface area (Å²) in [6.07, 6.45) is 2.85. The number of hydrogen-bond acceptors (Lipinski definition) is 2. The van der Waals surface area contributed by atoms with Gasteiger partial charge in [-0.3, -0.25) is 4.79 Å². The molecule has 0 unspecified atom stereocenters. The zero-order valence-electron chi connectivity index (χ0n) is 17.5. The summed E-state index contributed by atoms with van der Waals surface area (Å²) >= 11 is 0. The summed E-state index contributed by atoms with van der Waals surface area (Å²) < 4.78 is 0. The van der Waals surface area contributed by atoms with Crippen molar-refractivity contribution < 1.29 is 9.59 Å². The van der Waals surface area contributed by atoms with Crippen molar-refractivity contribution in [2.45, 2.75) is 46.1 Å². The molecule has 1 aliphatic rings. The molecule has 0 saturated heterocycles. The van der Waals surface area contributed by atoms with E-state index in [4.69, 9.17) is 0 Å². The van der Waals surface area contributed by atoms with E-state index in [2.05, 4.69) is 60.9 Å². The molecule has 2 aromatic carbocycles. The Labute approximate surface area is 173 Å². The molecular weight excluding hydrogens is 362 g/mol. The predicted octanol–water partition coefficient (Wildman–Crippen LogP) is 3.51. The van der Waals surface area contributed by atoms with Crippen molar-refractivity contribution in [1.29, 1.82) is 0 Å². The van der Waals surface area contributed by atoms with Gasteiger partial charge in [0.1, 0.15) is 0 Å². The van der Waals surface area contributed by atoms with Gasteiger partial charge in [0, 0.05) is 32.6 Å². The highest BCUT2D eigenvalue weighted by Gasteiger charge is 2.19. The summed E-state index contributed by atoms with van der Waals surface area (Å²) in [6.45, 7) is 6.76. The number of fused-ring (bicyclic) bond motifs is 1. The van der Waals surface area contributed by atoms with Crippen LogP contribution in [0.15, 0.2) is 42.5 Å². The van der Waals surface area contributed by atoms with Crippen molar-refractivity contribution in [3.05, 3.63) is 70.3 Å². The maximum atomic E-state index is 12.4. The second-order valence-electron chi connectivity index (χ2n) is 7.80. The number of aryl methyl sites for hydroxylation is 2. The number of carbonyl (C=O) groups excluding carboxylic acids is 2. The highest BCUT2D eigenvalue weighted by atomic mass is 16.2. The highest BCUT2D eigenvalue weighted by Crippen LogP contribution is 2.19. The minimum absolute atomic E-state index is 0.163. The number of amides is 3. The zero-order chi connectivity index (χ0) is 20.6. The first-order valence-corrected chi connectivity index (χ1v) is 10.5. The average molecular weight is 394 g/mol. The highest BCUT2D eigenvalue weighted by molar-refractivity contribution is 5.77. The number of benzene rings is 2. The maximum Gasteiger partial charge on any atom is 0.314 e. The number of carbonyl (C=O) groups is 2. The van der Waals surface area contributed by atoms with Crippen molar-refractivity contribution >= 4 is 11.9 Å². The van der Waals surface area contributed by atoms with Crippen LogP contribution in [-0.4, -0.2) is 36.5 Å². The molecular formula is C24H31N3O2. The van der Waals surface area contributed by atoms with Crippen LogP contribution in [0.5, 0.6) is 0 Å². The Morgan fingerprint density at radius 3 is 2.55 bits per heavy atom. The molecule has 0 aromatic heterocycles. The number of rotatable bonds is 7. The predicted molar refractivity (Wildman–Crippen MR) is 116 cm³/mol. The number of nitrogens with one attached hydrogen (secondary N) is 2. The van der Waals surface area contributed by atoms with E-state index >= 15 is 0 Å². The average Bonchev–Trinajstić information content (AvgIpc) is 2.72. The molecule has 0 spiro atoms. The third-order valence-electron chi connectivity index (χ3n) is 5.51. The molecule has 1 aliphatic heterocycles. The fraction of sp³-hybridized carbons (Fsp3) is 0.417. The Balaban J connectivity index is 1.30. The van der Waals surface area contributed by atoms with Gasteiger partial charge in [0.2, 0.25) is 5.91 Å². The van der Waals surface area contributed by atoms with E-state index in [1.165, 1.54) is 27.8 Å². The summed E-state index contributed by atoms with van der Waals surface area (Å²) in [6, 6.07) is 14.5. The molecule has 5 heteroatoms. The fourth-order valence-corrected chi connectivity index (χ4v) is 3.81. The lowest BCUT2D eigenvalue weighted by Crippen LogP contribution is -2.38. The molecule has 29 heavy (non-hydrogen) atoms. The first-order valence-electron chi connectivity index (χ1n) is 10.5. The summed E-state index contributed by atoms with van der Waals surface area (Å²) in [7, 11) is 0.